The second-order valence-electron chi connectivity index (χ2n) is 6.21. The van der Waals surface area contributed by atoms with Gasteiger partial charge in [0.25, 0.3) is 0 Å². The Labute approximate surface area is 141 Å². The summed E-state index contributed by atoms with van der Waals surface area (Å²) in [6.07, 6.45) is 4.00. The summed E-state index contributed by atoms with van der Waals surface area (Å²) >= 11 is 0. The molecule has 1 aromatic carbocycles. The van der Waals surface area contributed by atoms with Gasteiger partial charge in [-0.25, -0.2) is 15.0 Å². The fourth-order valence-corrected chi connectivity index (χ4v) is 3.13. The molecule has 0 radical (unpaired) electrons. The molecule has 7 nitrogen and oxygen atoms in total. The Morgan fingerprint density at radius 2 is 1.79 bits per heavy atom. The van der Waals surface area contributed by atoms with Crippen molar-refractivity contribution in [2.75, 3.05) is 29.9 Å². The number of fused-ring (bicyclic) bond motifs is 1. The molecule has 0 aliphatic carbocycles. The molecular formula is C17H21N7. The zero-order valence-corrected chi connectivity index (χ0v) is 14.1. The van der Waals surface area contributed by atoms with Gasteiger partial charge >= 0.3 is 0 Å². The summed E-state index contributed by atoms with van der Waals surface area (Å²) in [5.41, 5.74) is 1.86. The minimum absolute atomic E-state index is 0.643. The zero-order chi connectivity index (χ0) is 16.5. The predicted octanol–water partition coefficient (Wildman–Crippen LogP) is 1.99. The third-order valence-corrected chi connectivity index (χ3v) is 4.49. The summed E-state index contributed by atoms with van der Waals surface area (Å²) in [5.74, 6) is 2.77. The van der Waals surface area contributed by atoms with Gasteiger partial charge in [-0.05, 0) is 25.0 Å². The lowest BCUT2D eigenvalue weighted by molar-refractivity contribution is 0.685. The number of hydrogen-bond acceptors (Lipinski definition) is 6. The maximum Gasteiger partial charge on any atom is 0.172 e. The third-order valence-electron chi connectivity index (χ3n) is 4.49. The normalized spacial score (nSPS) is 14.5. The van der Waals surface area contributed by atoms with E-state index < -0.39 is 0 Å². The van der Waals surface area contributed by atoms with Gasteiger partial charge in [-0.2, -0.15) is 5.10 Å². The number of anilines is 2. The van der Waals surface area contributed by atoms with Crippen LogP contribution in [0.15, 0.2) is 30.6 Å². The minimum atomic E-state index is 0.643. The summed E-state index contributed by atoms with van der Waals surface area (Å²) in [7, 11) is 3.94. The van der Waals surface area contributed by atoms with Gasteiger partial charge in [0.15, 0.2) is 11.6 Å². The smallest absolute Gasteiger partial charge is 0.172 e. The summed E-state index contributed by atoms with van der Waals surface area (Å²) in [4.78, 5) is 18.6. The number of hydrogen-bond donors (Lipinski definition) is 0. The number of aromatic nitrogens is 5. The van der Waals surface area contributed by atoms with Gasteiger partial charge in [-0.3, -0.25) is 4.68 Å². The van der Waals surface area contributed by atoms with Crippen molar-refractivity contribution in [3.8, 4) is 0 Å². The van der Waals surface area contributed by atoms with E-state index in [1.165, 1.54) is 12.8 Å². The quantitative estimate of drug-likeness (QED) is 0.732. The molecule has 3 heterocycles. The van der Waals surface area contributed by atoms with Gasteiger partial charge in [0.2, 0.25) is 0 Å². The van der Waals surface area contributed by atoms with Crippen molar-refractivity contribution in [2.45, 2.75) is 19.4 Å². The van der Waals surface area contributed by atoms with Crippen molar-refractivity contribution < 1.29 is 0 Å². The number of aryl methyl sites for hydroxylation is 1. The molecule has 0 atom stereocenters. The second-order valence-corrected chi connectivity index (χ2v) is 6.21. The molecule has 0 spiro atoms. The first-order valence-electron chi connectivity index (χ1n) is 8.28. The van der Waals surface area contributed by atoms with E-state index in [1.807, 2.05) is 38.4 Å². The van der Waals surface area contributed by atoms with E-state index in [0.29, 0.717) is 6.54 Å². The predicted molar refractivity (Wildman–Crippen MR) is 94.1 cm³/mol. The third kappa shape index (κ3) is 2.66. The van der Waals surface area contributed by atoms with Crippen molar-refractivity contribution in [3.05, 3.63) is 36.4 Å². The second kappa shape index (κ2) is 6.07. The van der Waals surface area contributed by atoms with E-state index in [4.69, 9.17) is 9.97 Å². The van der Waals surface area contributed by atoms with E-state index >= 15 is 0 Å². The standard InChI is InChI=1S/C17H21N7/c1-22(11-15-18-12-19-23(15)2)16-17(24-9-5-6-10-24)21-14-8-4-3-7-13(14)20-16/h3-4,7-8,12H,5-6,9-11H2,1-2H3. The fourth-order valence-electron chi connectivity index (χ4n) is 3.13. The van der Waals surface area contributed by atoms with E-state index in [0.717, 1.165) is 41.6 Å². The van der Waals surface area contributed by atoms with Gasteiger partial charge < -0.3 is 9.80 Å². The lowest BCUT2D eigenvalue weighted by Crippen LogP contribution is -2.26. The van der Waals surface area contributed by atoms with Gasteiger partial charge in [-0.1, -0.05) is 12.1 Å². The van der Waals surface area contributed by atoms with Crippen LogP contribution >= 0.6 is 0 Å². The molecule has 3 aromatic rings. The molecule has 1 fully saturated rings. The molecule has 124 valence electrons. The molecule has 0 bridgehead atoms. The Morgan fingerprint density at radius 1 is 1.08 bits per heavy atom. The van der Waals surface area contributed by atoms with Gasteiger partial charge in [0, 0.05) is 27.2 Å². The molecule has 1 aliphatic rings. The maximum absolute atomic E-state index is 4.91. The highest BCUT2D eigenvalue weighted by molar-refractivity contribution is 5.80. The van der Waals surface area contributed by atoms with Gasteiger partial charge in [0.05, 0.1) is 17.6 Å². The molecule has 1 saturated heterocycles. The van der Waals surface area contributed by atoms with Gasteiger partial charge in [0.1, 0.15) is 12.2 Å². The molecule has 24 heavy (non-hydrogen) atoms. The van der Waals surface area contributed by atoms with Crippen LogP contribution in [-0.2, 0) is 13.6 Å². The molecule has 0 N–H and O–H groups in total. The fraction of sp³-hybridized carbons (Fsp3) is 0.412. The molecule has 7 heteroatoms. The van der Waals surface area contributed by atoms with Crippen LogP contribution in [0.25, 0.3) is 11.0 Å². The average molecular weight is 323 g/mol. The monoisotopic (exact) mass is 323 g/mol. The first-order valence-corrected chi connectivity index (χ1v) is 8.28. The van der Waals surface area contributed by atoms with E-state index in [1.54, 1.807) is 11.0 Å². The summed E-state index contributed by atoms with van der Waals surface area (Å²) in [6, 6.07) is 8.04. The Bertz CT molecular complexity index is 851. The highest BCUT2D eigenvalue weighted by atomic mass is 15.3. The van der Waals surface area contributed by atoms with Crippen molar-refractivity contribution in [3.63, 3.8) is 0 Å². The average Bonchev–Trinajstić information content (AvgIpc) is 3.26. The topological polar surface area (TPSA) is 63.0 Å². The summed E-state index contributed by atoms with van der Waals surface area (Å²) in [6.45, 7) is 2.72. The molecular weight excluding hydrogens is 302 g/mol. The zero-order valence-electron chi connectivity index (χ0n) is 14.1. The molecule has 4 rings (SSSR count). The van der Waals surface area contributed by atoms with Crippen molar-refractivity contribution in [2.24, 2.45) is 7.05 Å². The van der Waals surface area contributed by atoms with Crippen LogP contribution in [-0.4, -0.2) is 44.9 Å². The van der Waals surface area contributed by atoms with Crippen LogP contribution in [0, 0.1) is 0 Å². The molecule has 2 aromatic heterocycles. The van der Waals surface area contributed by atoms with Crippen molar-refractivity contribution in [1.82, 2.24) is 24.7 Å². The number of rotatable bonds is 4. The van der Waals surface area contributed by atoms with Crippen LogP contribution in [0.4, 0.5) is 11.6 Å². The number of benzene rings is 1. The Kier molecular flexibility index (Phi) is 3.76. The van der Waals surface area contributed by atoms with E-state index in [2.05, 4.69) is 19.9 Å². The number of nitrogens with zero attached hydrogens (tertiary/aromatic N) is 7. The van der Waals surface area contributed by atoms with Crippen LogP contribution in [0.2, 0.25) is 0 Å². The van der Waals surface area contributed by atoms with Crippen LogP contribution in [0.1, 0.15) is 18.7 Å². The van der Waals surface area contributed by atoms with Crippen LogP contribution in [0.5, 0.6) is 0 Å². The Hall–Kier alpha value is -2.70. The van der Waals surface area contributed by atoms with Crippen molar-refractivity contribution >= 4 is 22.7 Å². The summed E-state index contributed by atoms with van der Waals surface area (Å²) in [5, 5.41) is 4.15. The maximum atomic E-state index is 4.91. The lowest BCUT2D eigenvalue weighted by Gasteiger charge is -2.25. The molecule has 1 aliphatic heterocycles. The molecule has 0 amide bonds. The van der Waals surface area contributed by atoms with E-state index in [9.17, 15) is 0 Å². The van der Waals surface area contributed by atoms with Gasteiger partial charge in [-0.15, -0.1) is 0 Å². The van der Waals surface area contributed by atoms with Crippen LogP contribution < -0.4 is 9.80 Å². The summed E-state index contributed by atoms with van der Waals surface area (Å²) < 4.78 is 1.79. The largest absolute Gasteiger partial charge is 0.354 e. The Balaban J connectivity index is 1.76. The Morgan fingerprint density at radius 3 is 2.46 bits per heavy atom. The highest BCUT2D eigenvalue weighted by Gasteiger charge is 2.22. The SMILES string of the molecule is CN(Cc1ncnn1C)c1nc2ccccc2nc1N1CCCC1. The lowest BCUT2D eigenvalue weighted by atomic mass is 10.3. The van der Waals surface area contributed by atoms with Crippen molar-refractivity contribution in [1.29, 1.82) is 0 Å². The first kappa shape index (κ1) is 14.9. The molecule has 0 saturated carbocycles. The minimum Gasteiger partial charge on any atom is -0.354 e. The first-order chi connectivity index (χ1) is 11.7. The molecule has 0 unspecified atom stereocenters. The highest BCUT2D eigenvalue weighted by Crippen LogP contribution is 2.30. The van der Waals surface area contributed by atoms with E-state index in [-0.39, 0.29) is 0 Å². The number of para-hydroxylation sites is 2. The van der Waals surface area contributed by atoms with Crippen LogP contribution in [0.3, 0.4) is 0 Å².